The summed E-state index contributed by atoms with van der Waals surface area (Å²) in [4.78, 5) is 24.2. The molecule has 0 saturated carbocycles. The highest BCUT2D eigenvalue weighted by molar-refractivity contribution is 6.32. The number of methoxy groups -OCH3 is 1. The third-order valence-electron chi connectivity index (χ3n) is 6.00. The molecule has 1 aliphatic rings. The maximum absolute atomic E-state index is 12.6. The largest absolute Gasteiger partial charge is 0.493 e. The van der Waals surface area contributed by atoms with Crippen LogP contribution in [0.3, 0.4) is 0 Å². The minimum absolute atomic E-state index is 0.229. The van der Waals surface area contributed by atoms with E-state index in [2.05, 4.69) is 5.32 Å². The average molecular weight is 560 g/mol. The van der Waals surface area contributed by atoms with Gasteiger partial charge in [0.2, 0.25) is 0 Å². The molecule has 3 aromatic rings. The number of fused-ring (bicyclic) bond motifs is 1. The number of halogens is 2. The Balaban J connectivity index is 1.35. The summed E-state index contributed by atoms with van der Waals surface area (Å²) in [5.41, 5.74) is 1.92. The molecule has 38 heavy (non-hydrogen) atoms. The van der Waals surface area contributed by atoms with Crippen molar-refractivity contribution in [3.8, 4) is 23.0 Å². The average Bonchev–Trinajstić information content (AvgIpc) is 2.90. The van der Waals surface area contributed by atoms with Gasteiger partial charge in [-0.1, -0.05) is 29.3 Å². The van der Waals surface area contributed by atoms with Crippen molar-refractivity contribution in [3.63, 3.8) is 0 Å². The Morgan fingerprint density at radius 1 is 1.05 bits per heavy atom. The lowest BCUT2D eigenvalue weighted by Gasteiger charge is -2.24. The molecule has 0 bridgehead atoms. The monoisotopic (exact) mass is 559 g/mol. The van der Waals surface area contributed by atoms with E-state index in [0.717, 1.165) is 5.56 Å². The molecule has 0 fully saturated rings. The highest BCUT2D eigenvalue weighted by Crippen LogP contribution is 2.41. The predicted octanol–water partition coefficient (Wildman–Crippen LogP) is 5.73. The highest BCUT2D eigenvalue weighted by Gasteiger charge is 2.29. The van der Waals surface area contributed by atoms with Crippen molar-refractivity contribution in [2.24, 2.45) is 0 Å². The summed E-state index contributed by atoms with van der Waals surface area (Å²) < 4.78 is 22.3. The Bertz CT molecular complexity index is 1300. The van der Waals surface area contributed by atoms with Gasteiger partial charge in [-0.15, -0.1) is 0 Å². The van der Waals surface area contributed by atoms with Crippen molar-refractivity contribution in [2.75, 3.05) is 33.5 Å². The molecule has 1 aliphatic heterocycles. The fourth-order valence-electron chi connectivity index (χ4n) is 4.04. The number of aliphatic carboxylic acids is 1. The van der Waals surface area contributed by atoms with Gasteiger partial charge in [-0.05, 0) is 60.9 Å². The zero-order chi connectivity index (χ0) is 27.1. The van der Waals surface area contributed by atoms with Crippen LogP contribution in [0.2, 0.25) is 10.0 Å². The van der Waals surface area contributed by atoms with E-state index in [1.165, 1.54) is 0 Å². The van der Waals surface area contributed by atoms with Gasteiger partial charge in [0.1, 0.15) is 29.6 Å². The van der Waals surface area contributed by atoms with Crippen LogP contribution in [0.15, 0.2) is 54.6 Å². The first kappa shape index (κ1) is 27.6. The Morgan fingerprint density at radius 2 is 1.84 bits per heavy atom. The van der Waals surface area contributed by atoms with Gasteiger partial charge in [0.25, 0.3) is 5.91 Å². The van der Waals surface area contributed by atoms with Gasteiger partial charge in [-0.25, -0.2) is 0 Å². The molecule has 1 heterocycles. The molecule has 4 rings (SSSR count). The molecule has 0 spiro atoms. The summed E-state index contributed by atoms with van der Waals surface area (Å²) in [6, 6.07) is 15.2. The number of ether oxygens (including phenoxy) is 4. The number of rotatable bonds is 11. The van der Waals surface area contributed by atoms with Crippen molar-refractivity contribution in [3.05, 3.63) is 81.3 Å². The summed E-state index contributed by atoms with van der Waals surface area (Å²) >= 11 is 12.5. The van der Waals surface area contributed by atoms with E-state index < -0.39 is 11.9 Å². The fraction of sp³-hybridized carbons (Fsp3) is 0.286. The van der Waals surface area contributed by atoms with E-state index >= 15 is 0 Å². The Hall–Kier alpha value is -3.46. The smallest absolute Gasteiger partial charge is 0.311 e. The molecule has 10 heteroatoms. The van der Waals surface area contributed by atoms with E-state index in [9.17, 15) is 14.7 Å². The minimum Gasteiger partial charge on any atom is -0.493 e. The first-order valence-electron chi connectivity index (χ1n) is 12.0. The van der Waals surface area contributed by atoms with Crippen molar-refractivity contribution < 1.29 is 33.6 Å². The second kappa shape index (κ2) is 12.9. The van der Waals surface area contributed by atoms with Gasteiger partial charge in [-0.2, -0.15) is 0 Å². The second-order valence-corrected chi connectivity index (χ2v) is 9.42. The summed E-state index contributed by atoms with van der Waals surface area (Å²) in [6.07, 6.45) is 0.944. The fourth-order valence-corrected chi connectivity index (χ4v) is 4.42. The maximum Gasteiger partial charge on any atom is 0.311 e. The van der Waals surface area contributed by atoms with Crippen LogP contribution in [-0.2, 0) is 16.0 Å². The molecule has 0 aliphatic carbocycles. The Labute approximate surface area is 230 Å². The molecule has 1 atom stereocenters. The lowest BCUT2D eigenvalue weighted by molar-refractivity contribution is -0.139. The number of carbonyl (C=O) groups excluding carboxylic acids is 1. The number of hydrogen-bond acceptors (Lipinski definition) is 6. The standard InChI is InChI=1S/C28H27Cl2NO7/c1-35-12-13-37-24-14-19(29)5-2-17(24)8-10-31-27(32)18-3-6-20(7-4-18)38-26-16-25-22(15-23(26)30)21(28(33)34)9-11-36-25/h2-7,14-16,21H,8-13H2,1H3,(H,31,32)(H,33,34). The normalized spacial score (nSPS) is 14.2. The Morgan fingerprint density at radius 3 is 2.58 bits per heavy atom. The van der Waals surface area contributed by atoms with E-state index in [0.29, 0.717) is 78.4 Å². The zero-order valence-electron chi connectivity index (χ0n) is 20.7. The van der Waals surface area contributed by atoms with E-state index in [-0.39, 0.29) is 10.9 Å². The second-order valence-electron chi connectivity index (χ2n) is 8.57. The number of amides is 1. The first-order chi connectivity index (χ1) is 18.4. The molecule has 0 radical (unpaired) electrons. The molecule has 0 saturated heterocycles. The molecular weight excluding hydrogens is 533 g/mol. The molecule has 0 aromatic heterocycles. The first-order valence-corrected chi connectivity index (χ1v) is 12.8. The summed E-state index contributed by atoms with van der Waals surface area (Å²) in [7, 11) is 1.60. The molecule has 200 valence electrons. The van der Waals surface area contributed by atoms with Gasteiger partial charge < -0.3 is 29.4 Å². The van der Waals surface area contributed by atoms with Gasteiger partial charge in [-0.3, -0.25) is 9.59 Å². The Kier molecular flexibility index (Phi) is 9.33. The third kappa shape index (κ3) is 6.89. The lowest BCUT2D eigenvalue weighted by Crippen LogP contribution is -2.25. The molecule has 1 unspecified atom stereocenters. The molecule has 3 aromatic carbocycles. The number of carboxylic acids is 1. The molecule has 8 nitrogen and oxygen atoms in total. The van der Waals surface area contributed by atoms with Gasteiger partial charge in [0, 0.05) is 35.9 Å². The maximum atomic E-state index is 12.6. The van der Waals surface area contributed by atoms with E-state index in [1.807, 2.05) is 6.07 Å². The van der Waals surface area contributed by atoms with Gasteiger partial charge in [0.05, 0.1) is 24.2 Å². The van der Waals surface area contributed by atoms with E-state index in [1.54, 1.807) is 55.6 Å². The van der Waals surface area contributed by atoms with Crippen molar-refractivity contribution in [1.82, 2.24) is 5.32 Å². The quantitative estimate of drug-likeness (QED) is 0.289. The third-order valence-corrected chi connectivity index (χ3v) is 6.53. The molecular formula is C28H27Cl2NO7. The number of carboxylic acid groups (broad SMARTS) is 1. The van der Waals surface area contributed by atoms with Crippen LogP contribution in [0.5, 0.6) is 23.0 Å². The molecule has 1 amide bonds. The topological polar surface area (TPSA) is 103 Å². The summed E-state index contributed by atoms with van der Waals surface area (Å²) in [5, 5.41) is 13.2. The van der Waals surface area contributed by atoms with Crippen LogP contribution in [0.25, 0.3) is 0 Å². The van der Waals surface area contributed by atoms with Crippen LogP contribution >= 0.6 is 23.2 Å². The van der Waals surface area contributed by atoms with Crippen LogP contribution in [0, 0.1) is 0 Å². The SMILES string of the molecule is COCCOc1cc(Cl)ccc1CCNC(=O)c1ccc(Oc2cc3c(cc2Cl)C(C(=O)O)CCO3)cc1. The van der Waals surface area contributed by atoms with Crippen LogP contribution in [0.1, 0.15) is 33.8 Å². The predicted molar refractivity (Wildman–Crippen MR) is 143 cm³/mol. The number of hydrogen-bond donors (Lipinski definition) is 2. The van der Waals surface area contributed by atoms with Gasteiger partial charge in [0.15, 0.2) is 0 Å². The van der Waals surface area contributed by atoms with Crippen LogP contribution < -0.4 is 19.5 Å². The zero-order valence-corrected chi connectivity index (χ0v) is 22.2. The molecule has 2 N–H and O–H groups in total. The summed E-state index contributed by atoms with van der Waals surface area (Å²) in [5.74, 6) is 0.0807. The number of nitrogens with one attached hydrogen (secondary N) is 1. The lowest BCUT2D eigenvalue weighted by atomic mass is 9.93. The highest BCUT2D eigenvalue weighted by atomic mass is 35.5. The minimum atomic E-state index is -0.919. The van der Waals surface area contributed by atoms with Crippen molar-refractivity contribution in [1.29, 1.82) is 0 Å². The van der Waals surface area contributed by atoms with Crippen molar-refractivity contribution >= 4 is 35.1 Å². The summed E-state index contributed by atoms with van der Waals surface area (Å²) in [6.45, 7) is 1.56. The number of carbonyl (C=O) groups is 2. The van der Waals surface area contributed by atoms with E-state index in [4.69, 9.17) is 42.1 Å². The number of benzene rings is 3. The van der Waals surface area contributed by atoms with Crippen molar-refractivity contribution in [2.45, 2.75) is 18.8 Å². The van der Waals surface area contributed by atoms with Crippen LogP contribution in [-0.4, -0.2) is 50.5 Å². The van der Waals surface area contributed by atoms with Crippen LogP contribution in [0.4, 0.5) is 0 Å². The van der Waals surface area contributed by atoms with Gasteiger partial charge >= 0.3 is 5.97 Å².